The molecule has 0 saturated carbocycles. The number of benzene rings is 2. The number of carboxylic acid groups (broad SMARTS) is 1. The summed E-state index contributed by atoms with van der Waals surface area (Å²) in [5, 5.41) is 12.7. The fourth-order valence-electron chi connectivity index (χ4n) is 2.23. The van der Waals surface area contributed by atoms with Gasteiger partial charge in [0.15, 0.2) is 0 Å². The Labute approximate surface area is 151 Å². The fraction of sp³-hybridized carbons (Fsp3) is 0.211. The minimum Gasteiger partial charge on any atom is -0.478 e. The molecule has 2 N–H and O–H groups in total. The summed E-state index contributed by atoms with van der Waals surface area (Å²) in [7, 11) is 0. The van der Waals surface area contributed by atoms with E-state index in [0.29, 0.717) is 18.5 Å². The summed E-state index contributed by atoms with van der Waals surface area (Å²) < 4.78 is 0. The van der Waals surface area contributed by atoms with Gasteiger partial charge in [-0.25, -0.2) is 9.86 Å². The summed E-state index contributed by atoms with van der Waals surface area (Å²) in [5.74, 6) is -1.32. The van der Waals surface area contributed by atoms with Crippen molar-refractivity contribution in [2.45, 2.75) is 19.4 Å². The Balaban J connectivity index is 1.73. The van der Waals surface area contributed by atoms with Gasteiger partial charge >= 0.3 is 5.97 Å². The Bertz CT molecular complexity index is 749. The molecule has 7 heteroatoms. The second kappa shape index (κ2) is 9.95. The number of carbonyl (C=O) groups excluding carboxylic acids is 2. The normalized spacial score (nSPS) is 10.2. The smallest absolute Gasteiger partial charge is 0.335 e. The van der Waals surface area contributed by atoms with Crippen molar-refractivity contribution in [3.8, 4) is 0 Å². The van der Waals surface area contributed by atoms with E-state index in [4.69, 9.17) is 9.94 Å². The Hall–Kier alpha value is -3.19. The van der Waals surface area contributed by atoms with Gasteiger partial charge in [0.1, 0.15) is 6.61 Å². The van der Waals surface area contributed by atoms with Crippen LogP contribution in [0.15, 0.2) is 54.6 Å². The van der Waals surface area contributed by atoms with Gasteiger partial charge in [0.2, 0.25) is 12.3 Å². The van der Waals surface area contributed by atoms with Crippen molar-refractivity contribution in [3.63, 3.8) is 0 Å². The van der Waals surface area contributed by atoms with Crippen LogP contribution >= 0.6 is 0 Å². The summed E-state index contributed by atoms with van der Waals surface area (Å²) in [6, 6.07) is 15.5. The number of carboxylic acids is 1. The van der Waals surface area contributed by atoms with Gasteiger partial charge in [0.05, 0.1) is 5.56 Å². The molecule has 136 valence electrons. The minimum atomic E-state index is -1.06. The molecule has 0 aliphatic rings. The predicted molar refractivity (Wildman–Crippen MR) is 95.3 cm³/mol. The number of amides is 2. The Morgan fingerprint density at radius 3 is 2.58 bits per heavy atom. The van der Waals surface area contributed by atoms with Crippen LogP contribution in [0.5, 0.6) is 0 Å². The van der Waals surface area contributed by atoms with Crippen LogP contribution in [0.4, 0.5) is 5.69 Å². The van der Waals surface area contributed by atoms with Crippen LogP contribution < -0.4 is 5.32 Å². The minimum absolute atomic E-state index is 0.101. The van der Waals surface area contributed by atoms with E-state index < -0.39 is 5.97 Å². The second-order valence-corrected chi connectivity index (χ2v) is 5.54. The monoisotopic (exact) mass is 356 g/mol. The average molecular weight is 356 g/mol. The third-order valence-corrected chi connectivity index (χ3v) is 3.53. The molecule has 0 aromatic heterocycles. The number of hydroxylamine groups is 2. The van der Waals surface area contributed by atoms with Crippen molar-refractivity contribution in [3.05, 3.63) is 65.7 Å². The van der Waals surface area contributed by atoms with Crippen LogP contribution in [0, 0.1) is 0 Å². The van der Waals surface area contributed by atoms with Crippen LogP contribution in [0.3, 0.4) is 0 Å². The fourth-order valence-corrected chi connectivity index (χ4v) is 2.23. The van der Waals surface area contributed by atoms with Gasteiger partial charge in [-0.2, -0.15) is 0 Å². The zero-order chi connectivity index (χ0) is 18.8. The molecule has 0 aliphatic heterocycles. The molecule has 26 heavy (non-hydrogen) atoms. The van der Waals surface area contributed by atoms with Gasteiger partial charge in [-0.05, 0) is 30.2 Å². The molecule has 7 nitrogen and oxygen atoms in total. The molecule has 0 aliphatic carbocycles. The topological polar surface area (TPSA) is 95.9 Å². The maximum absolute atomic E-state index is 11.9. The highest BCUT2D eigenvalue weighted by Crippen LogP contribution is 2.11. The molecule has 0 radical (unpaired) electrons. The first-order valence-electron chi connectivity index (χ1n) is 8.10. The van der Waals surface area contributed by atoms with Crippen LogP contribution in [0.1, 0.15) is 28.8 Å². The summed E-state index contributed by atoms with van der Waals surface area (Å²) in [6.45, 7) is 0.548. The molecular weight excluding hydrogens is 336 g/mol. The van der Waals surface area contributed by atoms with Gasteiger partial charge in [0, 0.05) is 18.7 Å². The number of anilines is 1. The van der Waals surface area contributed by atoms with E-state index in [0.717, 1.165) is 10.6 Å². The van der Waals surface area contributed by atoms with Crippen molar-refractivity contribution in [2.24, 2.45) is 0 Å². The highest BCUT2D eigenvalue weighted by Gasteiger charge is 2.08. The zero-order valence-electron chi connectivity index (χ0n) is 14.1. The Morgan fingerprint density at radius 1 is 1.12 bits per heavy atom. The molecule has 2 aromatic rings. The third kappa shape index (κ3) is 6.37. The molecule has 0 fully saturated rings. The summed E-state index contributed by atoms with van der Waals surface area (Å²) >= 11 is 0. The quantitative estimate of drug-likeness (QED) is 0.504. The molecular formula is C19H20N2O5. The lowest BCUT2D eigenvalue weighted by Crippen LogP contribution is -2.24. The number of rotatable bonds is 10. The predicted octanol–water partition coefficient (Wildman–Crippen LogP) is 2.69. The lowest BCUT2D eigenvalue weighted by Gasteiger charge is -2.16. The number of hydrogen-bond donors (Lipinski definition) is 2. The van der Waals surface area contributed by atoms with Crippen molar-refractivity contribution < 1.29 is 24.3 Å². The largest absolute Gasteiger partial charge is 0.478 e. The first kappa shape index (κ1) is 19.1. The van der Waals surface area contributed by atoms with Crippen LogP contribution in [-0.2, 0) is 21.0 Å². The maximum Gasteiger partial charge on any atom is 0.335 e. The number of nitrogens with one attached hydrogen (secondary N) is 1. The molecule has 2 amide bonds. The average Bonchev–Trinajstić information content (AvgIpc) is 2.65. The summed E-state index contributed by atoms with van der Waals surface area (Å²) in [6.07, 6.45) is 1.17. The first-order chi connectivity index (χ1) is 12.6. The number of carbonyl (C=O) groups is 3. The summed E-state index contributed by atoms with van der Waals surface area (Å²) in [5.41, 5.74) is 1.46. The van der Waals surface area contributed by atoms with Gasteiger partial charge in [0.25, 0.3) is 0 Å². The third-order valence-electron chi connectivity index (χ3n) is 3.53. The Kier molecular flexibility index (Phi) is 7.32. The highest BCUT2D eigenvalue weighted by molar-refractivity contribution is 5.93. The van der Waals surface area contributed by atoms with E-state index in [1.807, 2.05) is 30.3 Å². The SMILES string of the molecule is O=CN(CCCC(=O)Nc1cccc(C(=O)O)c1)OCc1ccccc1. The van der Waals surface area contributed by atoms with Crippen LogP contribution in [0.25, 0.3) is 0 Å². The van der Waals surface area contributed by atoms with E-state index >= 15 is 0 Å². The zero-order valence-corrected chi connectivity index (χ0v) is 14.1. The second-order valence-electron chi connectivity index (χ2n) is 5.54. The molecule has 0 bridgehead atoms. The number of nitrogens with zero attached hydrogens (tertiary/aromatic N) is 1. The highest BCUT2D eigenvalue weighted by atomic mass is 16.7. The van der Waals surface area contributed by atoms with Gasteiger partial charge in [-0.15, -0.1) is 0 Å². The van der Waals surface area contributed by atoms with Crippen molar-refractivity contribution in [1.29, 1.82) is 0 Å². The van der Waals surface area contributed by atoms with E-state index in [1.165, 1.54) is 12.1 Å². The lowest BCUT2D eigenvalue weighted by molar-refractivity contribution is -0.177. The lowest BCUT2D eigenvalue weighted by atomic mass is 10.2. The van der Waals surface area contributed by atoms with E-state index in [1.54, 1.807) is 12.1 Å². The van der Waals surface area contributed by atoms with Gasteiger partial charge < -0.3 is 10.4 Å². The Morgan fingerprint density at radius 2 is 1.88 bits per heavy atom. The maximum atomic E-state index is 11.9. The molecule has 0 unspecified atom stereocenters. The van der Waals surface area contributed by atoms with Crippen LogP contribution in [0.2, 0.25) is 0 Å². The van der Waals surface area contributed by atoms with Crippen molar-refractivity contribution in [1.82, 2.24) is 5.06 Å². The molecule has 2 rings (SSSR count). The summed E-state index contributed by atoms with van der Waals surface area (Å²) in [4.78, 5) is 39.3. The standard InChI is InChI=1S/C19H20N2O5/c22-14-21(26-13-15-6-2-1-3-7-15)11-5-10-18(23)20-17-9-4-8-16(12-17)19(24)25/h1-4,6-9,12,14H,5,10-11,13H2,(H,20,23)(H,24,25). The van der Waals surface area contributed by atoms with Gasteiger partial charge in [-0.1, -0.05) is 36.4 Å². The van der Waals surface area contributed by atoms with Crippen molar-refractivity contribution in [2.75, 3.05) is 11.9 Å². The van der Waals surface area contributed by atoms with Crippen molar-refractivity contribution >= 4 is 24.0 Å². The molecule has 0 atom stereocenters. The first-order valence-corrected chi connectivity index (χ1v) is 8.10. The van der Waals surface area contributed by atoms with E-state index in [2.05, 4.69) is 5.32 Å². The van der Waals surface area contributed by atoms with Crippen LogP contribution in [-0.4, -0.2) is 35.0 Å². The molecule has 0 saturated heterocycles. The molecule has 0 spiro atoms. The molecule has 0 heterocycles. The van der Waals surface area contributed by atoms with Gasteiger partial charge in [-0.3, -0.25) is 14.4 Å². The van der Waals surface area contributed by atoms with E-state index in [-0.39, 0.29) is 31.0 Å². The van der Waals surface area contributed by atoms with E-state index in [9.17, 15) is 14.4 Å². The molecule has 2 aromatic carbocycles. The number of aromatic carboxylic acids is 1. The number of hydrogen-bond acceptors (Lipinski definition) is 4.